The van der Waals surface area contributed by atoms with Crippen LogP contribution in [0, 0.1) is 5.82 Å². The highest BCUT2D eigenvalue weighted by Gasteiger charge is 2.34. The fraction of sp³-hybridized carbons (Fsp3) is 0.167. The van der Waals surface area contributed by atoms with Crippen LogP contribution < -0.4 is 10.7 Å². The molecule has 1 unspecified atom stereocenters. The normalized spacial score (nSPS) is 16.6. The molecular formula is C18H14Cl2F3N3O. The van der Waals surface area contributed by atoms with E-state index in [0.29, 0.717) is 16.1 Å². The number of halogens is 5. The van der Waals surface area contributed by atoms with Gasteiger partial charge in [0.25, 0.3) is 12.3 Å². The first kappa shape index (κ1) is 19.5. The van der Waals surface area contributed by atoms with E-state index in [-0.39, 0.29) is 16.3 Å². The zero-order valence-electron chi connectivity index (χ0n) is 13.9. The molecule has 0 radical (unpaired) electrons. The molecule has 1 heterocycles. The molecule has 0 bridgehead atoms. The lowest BCUT2D eigenvalue weighted by atomic mass is 10.0. The van der Waals surface area contributed by atoms with E-state index >= 15 is 0 Å². The molecule has 0 aromatic heterocycles. The van der Waals surface area contributed by atoms with E-state index in [9.17, 15) is 18.0 Å². The fourth-order valence-electron chi connectivity index (χ4n) is 2.73. The van der Waals surface area contributed by atoms with E-state index in [0.717, 1.165) is 6.07 Å². The number of hydrogen-bond acceptors (Lipinski definition) is 3. The zero-order valence-corrected chi connectivity index (χ0v) is 15.5. The number of nitrogens with one attached hydrogen (secondary N) is 2. The molecule has 27 heavy (non-hydrogen) atoms. The monoisotopic (exact) mass is 415 g/mol. The van der Waals surface area contributed by atoms with E-state index in [1.807, 2.05) is 0 Å². The van der Waals surface area contributed by atoms with Crippen molar-refractivity contribution in [1.82, 2.24) is 10.4 Å². The Hall–Kier alpha value is -2.22. The molecule has 4 nitrogen and oxygen atoms in total. The predicted octanol–water partition coefficient (Wildman–Crippen LogP) is 4.71. The highest BCUT2D eigenvalue weighted by atomic mass is 35.5. The second-order valence-corrected chi connectivity index (χ2v) is 6.72. The zero-order chi connectivity index (χ0) is 19.7. The first-order valence-corrected chi connectivity index (χ1v) is 8.57. The number of hydrogen-bond donors (Lipinski definition) is 2. The van der Waals surface area contributed by atoms with Gasteiger partial charge < -0.3 is 10.3 Å². The largest absolute Gasteiger partial charge is 0.322 e. The Labute approximate surface area is 163 Å². The summed E-state index contributed by atoms with van der Waals surface area (Å²) in [6, 6.07) is 6.99. The summed E-state index contributed by atoms with van der Waals surface area (Å²) >= 11 is 11.9. The van der Waals surface area contributed by atoms with Crippen molar-refractivity contribution < 1.29 is 18.0 Å². The quantitative estimate of drug-likeness (QED) is 0.759. The lowest BCUT2D eigenvalue weighted by Crippen LogP contribution is -2.40. The minimum Gasteiger partial charge on any atom is -0.322 e. The Balaban J connectivity index is 1.95. The third-order valence-corrected chi connectivity index (χ3v) is 4.72. The van der Waals surface area contributed by atoms with Crippen LogP contribution in [0.25, 0.3) is 11.1 Å². The minimum atomic E-state index is -2.77. The summed E-state index contributed by atoms with van der Waals surface area (Å²) in [4.78, 5) is 12.5. The lowest BCUT2D eigenvalue weighted by molar-refractivity contribution is -0.113. The molecule has 0 saturated carbocycles. The van der Waals surface area contributed by atoms with Crippen LogP contribution in [0.5, 0.6) is 0 Å². The van der Waals surface area contributed by atoms with Gasteiger partial charge in [-0.1, -0.05) is 29.3 Å². The maximum atomic E-state index is 13.8. The van der Waals surface area contributed by atoms with Crippen molar-refractivity contribution in [3.8, 4) is 11.1 Å². The number of hydrazine groups is 1. The van der Waals surface area contributed by atoms with Crippen LogP contribution in [0.2, 0.25) is 10.0 Å². The molecule has 1 aliphatic heterocycles. The maximum absolute atomic E-state index is 13.8. The average Bonchev–Trinajstić information content (AvgIpc) is 3.01. The summed E-state index contributed by atoms with van der Waals surface area (Å²) in [6.07, 6.45) is -1.48. The number of carbonyl (C=O) groups excluding carboxylic acids is 1. The third-order valence-electron chi connectivity index (χ3n) is 3.99. The van der Waals surface area contributed by atoms with Gasteiger partial charge in [0, 0.05) is 24.5 Å². The topological polar surface area (TPSA) is 44.4 Å². The number of rotatable bonds is 4. The molecule has 1 amide bonds. The molecule has 1 atom stereocenters. The third kappa shape index (κ3) is 4.21. The van der Waals surface area contributed by atoms with Crippen molar-refractivity contribution in [3.63, 3.8) is 0 Å². The average molecular weight is 416 g/mol. The van der Waals surface area contributed by atoms with Crippen LogP contribution >= 0.6 is 23.2 Å². The van der Waals surface area contributed by atoms with Gasteiger partial charge in [0.2, 0.25) is 0 Å². The summed E-state index contributed by atoms with van der Waals surface area (Å²) in [5.74, 6) is -1.24. The minimum absolute atomic E-state index is 0.128. The number of benzene rings is 2. The van der Waals surface area contributed by atoms with Crippen molar-refractivity contribution in [2.24, 2.45) is 0 Å². The van der Waals surface area contributed by atoms with Gasteiger partial charge in [0.1, 0.15) is 11.9 Å². The first-order chi connectivity index (χ1) is 12.8. The fourth-order valence-corrected chi connectivity index (χ4v) is 3.03. The molecule has 3 rings (SSSR count). The van der Waals surface area contributed by atoms with E-state index in [1.54, 1.807) is 12.1 Å². The summed E-state index contributed by atoms with van der Waals surface area (Å²) < 4.78 is 40.1. The van der Waals surface area contributed by atoms with Crippen molar-refractivity contribution >= 4 is 34.8 Å². The van der Waals surface area contributed by atoms with Gasteiger partial charge >= 0.3 is 0 Å². The summed E-state index contributed by atoms with van der Waals surface area (Å²) in [6.45, 7) is 0. The number of alkyl halides is 2. The van der Waals surface area contributed by atoms with Crippen molar-refractivity contribution in [1.29, 1.82) is 0 Å². The van der Waals surface area contributed by atoms with Gasteiger partial charge in [-0.25, -0.2) is 18.6 Å². The van der Waals surface area contributed by atoms with Crippen LogP contribution in [-0.4, -0.2) is 30.4 Å². The second-order valence-electron chi connectivity index (χ2n) is 5.91. The van der Waals surface area contributed by atoms with Crippen LogP contribution in [-0.2, 0) is 4.79 Å². The molecule has 142 valence electrons. The predicted molar refractivity (Wildman–Crippen MR) is 99.3 cm³/mol. The van der Waals surface area contributed by atoms with Gasteiger partial charge in [0.15, 0.2) is 0 Å². The Kier molecular flexibility index (Phi) is 5.64. The molecular weight excluding hydrogens is 402 g/mol. The molecule has 2 aromatic rings. The Morgan fingerprint density at radius 1 is 1.19 bits per heavy atom. The molecule has 2 N–H and O–H groups in total. The molecule has 0 fully saturated rings. The summed E-state index contributed by atoms with van der Waals surface area (Å²) in [5, 5.41) is 4.44. The smallest absolute Gasteiger partial charge is 0.259 e. The standard InChI is InChI=1S/C18H14Cl2F3N3O/c1-26-8-12(16(25-26)17(22)23)18(27)24-15-5-3-10(21)7-11(15)9-2-4-13(19)14(20)6-9/h2-8,16-17,25H,1H3,(H,24,27). The highest BCUT2D eigenvalue weighted by Crippen LogP contribution is 2.34. The Bertz CT molecular complexity index is 921. The number of amides is 1. The summed E-state index contributed by atoms with van der Waals surface area (Å²) in [7, 11) is 1.51. The highest BCUT2D eigenvalue weighted by molar-refractivity contribution is 6.42. The van der Waals surface area contributed by atoms with Crippen molar-refractivity contribution in [3.05, 3.63) is 64.0 Å². The number of nitrogens with zero attached hydrogens (tertiary/aromatic N) is 1. The van der Waals surface area contributed by atoms with Crippen molar-refractivity contribution in [2.75, 3.05) is 12.4 Å². The van der Waals surface area contributed by atoms with E-state index in [2.05, 4.69) is 10.7 Å². The van der Waals surface area contributed by atoms with Gasteiger partial charge in [-0.15, -0.1) is 0 Å². The first-order valence-electron chi connectivity index (χ1n) is 7.81. The maximum Gasteiger partial charge on any atom is 0.259 e. The van der Waals surface area contributed by atoms with Gasteiger partial charge in [-0.3, -0.25) is 4.79 Å². The summed E-state index contributed by atoms with van der Waals surface area (Å²) in [5.41, 5.74) is 3.46. The second kappa shape index (κ2) is 7.80. The molecule has 9 heteroatoms. The van der Waals surface area contributed by atoms with Gasteiger partial charge in [-0.05, 0) is 35.9 Å². The molecule has 0 saturated heterocycles. The van der Waals surface area contributed by atoms with Crippen LogP contribution in [0.3, 0.4) is 0 Å². The molecule has 0 spiro atoms. The number of anilines is 1. The molecule has 1 aliphatic rings. The van der Waals surface area contributed by atoms with E-state index in [4.69, 9.17) is 23.2 Å². The lowest BCUT2D eigenvalue weighted by Gasteiger charge is -2.17. The van der Waals surface area contributed by atoms with Crippen LogP contribution in [0.15, 0.2) is 48.2 Å². The molecule has 2 aromatic carbocycles. The van der Waals surface area contributed by atoms with Gasteiger partial charge in [0.05, 0.1) is 15.6 Å². The number of carbonyl (C=O) groups is 1. The van der Waals surface area contributed by atoms with Gasteiger partial charge in [-0.2, -0.15) is 0 Å². The Morgan fingerprint density at radius 3 is 2.59 bits per heavy atom. The van der Waals surface area contributed by atoms with Crippen molar-refractivity contribution in [2.45, 2.75) is 12.5 Å². The molecule has 0 aliphatic carbocycles. The SMILES string of the molecule is CN1C=C(C(=O)Nc2ccc(F)cc2-c2ccc(Cl)c(Cl)c2)C(C(F)F)N1. The van der Waals surface area contributed by atoms with E-state index in [1.165, 1.54) is 36.5 Å². The Morgan fingerprint density at radius 2 is 1.93 bits per heavy atom. The van der Waals surface area contributed by atoms with E-state index < -0.39 is 24.2 Å². The van der Waals surface area contributed by atoms with Crippen LogP contribution in [0.1, 0.15) is 0 Å². The van der Waals surface area contributed by atoms with Crippen LogP contribution in [0.4, 0.5) is 18.9 Å².